The predicted molar refractivity (Wildman–Crippen MR) is 120 cm³/mol. The van der Waals surface area contributed by atoms with E-state index in [2.05, 4.69) is 52.9 Å². The van der Waals surface area contributed by atoms with Crippen LogP contribution >= 0.6 is 0 Å². The number of rotatable bonds is 4. The number of benzene rings is 1. The molecule has 0 amide bonds. The highest BCUT2D eigenvalue weighted by Crippen LogP contribution is 2.31. The molecule has 0 spiro atoms. The number of nitrogens with zero attached hydrogens (tertiary/aromatic N) is 4. The molecule has 4 aromatic rings. The smallest absolute Gasteiger partial charge is 0.165 e. The molecule has 0 saturated heterocycles. The monoisotopic (exact) mass is 381 g/mol. The molecular formula is C24H23N5. The van der Waals surface area contributed by atoms with Crippen molar-refractivity contribution in [3.63, 3.8) is 0 Å². The number of nitrogens with two attached hydrogens (primary N) is 1. The van der Waals surface area contributed by atoms with Crippen LogP contribution in [0.1, 0.15) is 25.1 Å². The molecule has 1 aromatic carbocycles. The quantitative estimate of drug-likeness (QED) is 0.484. The van der Waals surface area contributed by atoms with Gasteiger partial charge in [-0.05, 0) is 62.7 Å². The van der Waals surface area contributed by atoms with Crippen molar-refractivity contribution in [2.24, 2.45) is 0 Å². The van der Waals surface area contributed by atoms with E-state index in [0.717, 1.165) is 39.5 Å². The Hall–Kier alpha value is -3.73. The van der Waals surface area contributed by atoms with Crippen LogP contribution in [0.3, 0.4) is 0 Å². The molecule has 4 rings (SSSR count). The Bertz CT molecular complexity index is 1230. The van der Waals surface area contributed by atoms with E-state index in [0.29, 0.717) is 5.82 Å². The molecule has 0 aliphatic rings. The third kappa shape index (κ3) is 3.43. The second-order valence-electron chi connectivity index (χ2n) is 6.83. The predicted octanol–water partition coefficient (Wildman–Crippen LogP) is 5.35. The molecule has 29 heavy (non-hydrogen) atoms. The number of nitrogen functional groups attached to an aromatic ring is 1. The summed E-state index contributed by atoms with van der Waals surface area (Å²) in [5.41, 5.74) is 12.7. The van der Waals surface area contributed by atoms with Crippen molar-refractivity contribution in [1.82, 2.24) is 19.5 Å². The van der Waals surface area contributed by atoms with Gasteiger partial charge in [0.25, 0.3) is 0 Å². The van der Waals surface area contributed by atoms with Gasteiger partial charge in [-0.2, -0.15) is 0 Å². The second-order valence-corrected chi connectivity index (χ2v) is 6.83. The van der Waals surface area contributed by atoms with Crippen LogP contribution in [0.4, 0.5) is 5.82 Å². The van der Waals surface area contributed by atoms with Crippen molar-refractivity contribution >= 4 is 22.6 Å². The van der Waals surface area contributed by atoms with Gasteiger partial charge in [-0.25, -0.2) is 15.0 Å². The molecule has 0 fully saturated rings. The Kier molecular flexibility index (Phi) is 4.96. The Morgan fingerprint density at radius 1 is 1.00 bits per heavy atom. The molecule has 3 aromatic heterocycles. The van der Waals surface area contributed by atoms with Crippen LogP contribution in [-0.2, 0) is 0 Å². The molecule has 0 unspecified atom stereocenters. The minimum atomic E-state index is 0.444. The number of fused-ring (bicyclic) bond motifs is 1. The minimum Gasteiger partial charge on any atom is -0.383 e. The fourth-order valence-electron chi connectivity index (χ4n) is 3.35. The number of anilines is 1. The summed E-state index contributed by atoms with van der Waals surface area (Å²) >= 11 is 0. The van der Waals surface area contributed by atoms with Gasteiger partial charge in [-0.1, -0.05) is 35.9 Å². The van der Waals surface area contributed by atoms with Crippen molar-refractivity contribution in [1.29, 1.82) is 0 Å². The summed E-state index contributed by atoms with van der Waals surface area (Å²) in [4.78, 5) is 14.1. The van der Waals surface area contributed by atoms with E-state index in [1.165, 1.54) is 5.56 Å². The summed E-state index contributed by atoms with van der Waals surface area (Å²) < 4.78 is 2.05. The average Bonchev–Trinajstić information content (AvgIpc) is 3.11. The summed E-state index contributed by atoms with van der Waals surface area (Å²) in [6.45, 7) is 6.09. The SMILES string of the molecule is C/C=C\C(=C/C)c1ccc2nc(-c3cccnc3N)n(-c3ccc(C)cc3)c2n1. The van der Waals surface area contributed by atoms with Gasteiger partial charge < -0.3 is 5.73 Å². The molecule has 2 N–H and O–H groups in total. The molecule has 0 bridgehead atoms. The maximum absolute atomic E-state index is 6.18. The van der Waals surface area contributed by atoms with Gasteiger partial charge in [-0.3, -0.25) is 4.57 Å². The lowest BCUT2D eigenvalue weighted by atomic mass is 10.1. The summed E-state index contributed by atoms with van der Waals surface area (Å²) in [5, 5.41) is 0. The van der Waals surface area contributed by atoms with Crippen LogP contribution in [-0.4, -0.2) is 19.5 Å². The highest BCUT2D eigenvalue weighted by molar-refractivity contribution is 5.85. The van der Waals surface area contributed by atoms with Gasteiger partial charge in [0.05, 0.1) is 11.3 Å². The molecule has 0 radical (unpaired) electrons. The molecule has 144 valence electrons. The summed E-state index contributed by atoms with van der Waals surface area (Å²) in [6, 6.07) is 16.1. The Morgan fingerprint density at radius 2 is 1.79 bits per heavy atom. The number of hydrogen-bond donors (Lipinski definition) is 1. The number of hydrogen-bond acceptors (Lipinski definition) is 4. The lowest BCUT2D eigenvalue weighted by Gasteiger charge is -2.11. The van der Waals surface area contributed by atoms with Crippen molar-refractivity contribution in [3.8, 4) is 17.1 Å². The topological polar surface area (TPSA) is 69.6 Å². The third-order valence-electron chi connectivity index (χ3n) is 4.83. The van der Waals surface area contributed by atoms with Crippen molar-refractivity contribution in [3.05, 3.63) is 84.2 Å². The molecule has 5 nitrogen and oxygen atoms in total. The summed E-state index contributed by atoms with van der Waals surface area (Å²) in [6.07, 6.45) is 7.81. The van der Waals surface area contributed by atoms with Crippen molar-refractivity contribution in [2.45, 2.75) is 20.8 Å². The molecule has 0 aliphatic carbocycles. The molecule has 3 heterocycles. The zero-order valence-corrected chi connectivity index (χ0v) is 16.8. The fourth-order valence-corrected chi connectivity index (χ4v) is 3.35. The van der Waals surface area contributed by atoms with Gasteiger partial charge >= 0.3 is 0 Å². The Morgan fingerprint density at radius 3 is 2.48 bits per heavy atom. The third-order valence-corrected chi connectivity index (χ3v) is 4.83. The van der Waals surface area contributed by atoms with Crippen LogP contribution in [0.2, 0.25) is 0 Å². The van der Waals surface area contributed by atoms with Crippen LogP contribution in [0.15, 0.2) is 73.0 Å². The lowest BCUT2D eigenvalue weighted by molar-refractivity contribution is 1.07. The Balaban J connectivity index is 2.04. The molecule has 0 saturated carbocycles. The van der Waals surface area contributed by atoms with E-state index < -0.39 is 0 Å². The molecule has 0 aliphatic heterocycles. The van der Waals surface area contributed by atoms with Gasteiger partial charge in [0, 0.05) is 11.9 Å². The Labute approximate surface area is 170 Å². The standard InChI is InChI=1S/C24H23N5/c1-4-7-17(5-2)20-13-14-21-24(27-20)29(18-11-9-16(3)10-12-18)23(28-21)19-8-6-15-26-22(19)25/h4-15H,1-3H3,(H2,25,26)/b7-4-,17-5+. The first-order chi connectivity index (χ1) is 14.1. The van der Waals surface area contributed by atoms with Crippen LogP contribution in [0, 0.1) is 6.92 Å². The average molecular weight is 381 g/mol. The molecule has 5 heteroatoms. The largest absolute Gasteiger partial charge is 0.383 e. The number of pyridine rings is 2. The van der Waals surface area contributed by atoms with E-state index in [9.17, 15) is 0 Å². The van der Waals surface area contributed by atoms with Gasteiger partial charge in [0.2, 0.25) is 0 Å². The zero-order chi connectivity index (χ0) is 20.4. The van der Waals surface area contributed by atoms with Crippen LogP contribution in [0.25, 0.3) is 33.8 Å². The lowest BCUT2D eigenvalue weighted by Crippen LogP contribution is -2.02. The van der Waals surface area contributed by atoms with Crippen molar-refractivity contribution in [2.75, 3.05) is 5.73 Å². The summed E-state index contributed by atoms with van der Waals surface area (Å²) in [7, 11) is 0. The molecular weight excluding hydrogens is 358 g/mol. The maximum atomic E-state index is 6.18. The van der Waals surface area contributed by atoms with E-state index in [1.807, 2.05) is 44.2 Å². The summed E-state index contributed by atoms with van der Waals surface area (Å²) in [5.74, 6) is 1.17. The molecule has 0 atom stereocenters. The first-order valence-corrected chi connectivity index (χ1v) is 9.59. The van der Waals surface area contributed by atoms with E-state index in [-0.39, 0.29) is 0 Å². The van der Waals surface area contributed by atoms with Gasteiger partial charge in [0.1, 0.15) is 11.3 Å². The highest BCUT2D eigenvalue weighted by Gasteiger charge is 2.18. The maximum Gasteiger partial charge on any atom is 0.165 e. The first kappa shape index (κ1) is 18.6. The number of aryl methyl sites for hydroxylation is 1. The minimum absolute atomic E-state index is 0.444. The van der Waals surface area contributed by atoms with Gasteiger partial charge in [-0.15, -0.1) is 0 Å². The zero-order valence-electron chi connectivity index (χ0n) is 16.8. The normalized spacial score (nSPS) is 12.2. The number of imidazole rings is 1. The van der Waals surface area contributed by atoms with Crippen LogP contribution in [0.5, 0.6) is 0 Å². The number of aromatic nitrogens is 4. The second kappa shape index (κ2) is 7.72. The fraction of sp³-hybridized carbons (Fsp3) is 0.125. The van der Waals surface area contributed by atoms with Crippen LogP contribution < -0.4 is 5.73 Å². The first-order valence-electron chi connectivity index (χ1n) is 9.59. The van der Waals surface area contributed by atoms with E-state index in [1.54, 1.807) is 6.20 Å². The van der Waals surface area contributed by atoms with Crippen molar-refractivity contribution < 1.29 is 0 Å². The van der Waals surface area contributed by atoms with E-state index >= 15 is 0 Å². The highest BCUT2D eigenvalue weighted by atomic mass is 15.1. The van der Waals surface area contributed by atoms with Gasteiger partial charge in [0.15, 0.2) is 11.5 Å². The van der Waals surface area contributed by atoms with E-state index in [4.69, 9.17) is 15.7 Å². The number of allylic oxidation sites excluding steroid dienone is 4.